The number of carbonyl (C=O) groups is 6. The molecule has 0 radical (unpaired) electrons. The molecule has 2 aromatic carbocycles. The molecule has 0 aliphatic heterocycles. The average Bonchev–Trinajstić information content (AvgIpc) is 3.11. The lowest BCUT2D eigenvalue weighted by molar-refractivity contribution is -0.158. The molecule has 59 heavy (non-hydrogen) atoms. The number of esters is 1. The fourth-order valence-electron chi connectivity index (χ4n) is 7.74. The molecule has 0 unspecified atom stereocenters. The Balaban J connectivity index is 2.45. The molecule has 0 saturated carbocycles. The van der Waals surface area contributed by atoms with Crippen LogP contribution in [0.25, 0.3) is 0 Å². The summed E-state index contributed by atoms with van der Waals surface area (Å²) in [5.74, 6) is -4.50. The number of carboxylic acid groups (broad SMARTS) is 1. The van der Waals surface area contributed by atoms with Crippen LogP contribution < -0.4 is 16.0 Å². The van der Waals surface area contributed by atoms with Crippen LogP contribution in [0.1, 0.15) is 126 Å². The van der Waals surface area contributed by atoms with Gasteiger partial charge in [-0.3, -0.25) is 14.4 Å². The third kappa shape index (κ3) is 16.1. The van der Waals surface area contributed by atoms with Gasteiger partial charge in [0.05, 0.1) is 12.5 Å². The van der Waals surface area contributed by atoms with Crippen molar-refractivity contribution >= 4 is 44.1 Å². The first-order valence-electron chi connectivity index (χ1n) is 20.6. The SMILES string of the molecule is CC(C)[Si](OC(=O)N[C@@H](Cc1ccccc1)C(=O)C[C@@H](CCCCNC(=O)OC(C)(C)C)C(=O)N[C@@H](CC(=O)OC(C)(C)C)C(=O)O)(C(C)C)C(C)(C)c1ccccc1. The van der Waals surface area contributed by atoms with Gasteiger partial charge in [-0.1, -0.05) is 109 Å². The second-order valence-electron chi connectivity index (χ2n) is 18.4. The molecular formula is C45H69N3O10Si. The second kappa shape index (κ2) is 22.0. The Bertz CT molecular complexity index is 1690. The first-order valence-corrected chi connectivity index (χ1v) is 22.7. The van der Waals surface area contributed by atoms with Crippen molar-refractivity contribution in [3.63, 3.8) is 0 Å². The summed E-state index contributed by atoms with van der Waals surface area (Å²) in [6.07, 6.45) is -1.26. The average molecular weight is 840 g/mol. The molecule has 0 aliphatic carbocycles. The van der Waals surface area contributed by atoms with Gasteiger partial charge in [0, 0.05) is 23.9 Å². The van der Waals surface area contributed by atoms with Crippen LogP contribution in [0.3, 0.4) is 0 Å². The topological polar surface area (TPSA) is 186 Å². The van der Waals surface area contributed by atoms with Gasteiger partial charge in [-0.25, -0.2) is 14.4 Å². The van der Waals surface area contributed by atoms with Crippen LogP contribution in [0.4, 0.5) is 9.59 Å². The highest BCUT2D eigenvalue weighted by Gasteiger charge is 2.57. The summed E-state index contributed by atoms with van der Waals surface area (Å²) in [6.45, 7) is 22.9. The van der Waals surface area contributed by atoms with Gasteiger partial charge in [0.1, 0.15) is 17.2 Å². The zero-order valence-electron chi connectivity index (χ0n) is 37.2. The van der Waals surface area contributed by atoms with Gasteiger partial charge in [-0.05, 0) is 83.0 Å². The summed E-state index contributed by atoms with van der Waals surface area (Å²) in [6, 6.07) is 16.4. The normalized spacial score (nSPS) is 13.8. The van der Waals surface area contributed by atoms with E-state index in [1.54, 1.807) is 41.5 Å². The van der Waals surface area contributed by atoms with Crippen molar-refractivity contribution in [3.05, 3.63) is 71.8 Å². The number of rotatable bonds is 21. The van der Waals surface area contributed by atoms with Gasteiger partial charge >= 0.3 is 24.1 Å². The quantitative estimate of drug-likeness (QED) is 0.0543. The van der Waals surface area contributed by atoms with E-state index in [0.29, 0.717) is 12.8 Å². The summed E-state index contributed by atoms with van der Waals surface area (Å²) in [4.78, 5) is 79.5. The van der Waals surface area contributed by atoms with E-state index in [2.05, 4.69) is 57.5 Å². The number of ether oxygens (including phenoxy) is 2. The first kappa shape index (κ1) is 50.4. The number of carbonyl (C=O) groups excluding carboxylic acids is 5. The molecule has 0 spiro atoms. The maximum Gasteiger partial charge on any atom is 0.407 e. The number of benzene rings is 2. The minimum Gasteiger partial charge on any atom is -0.502 e. The smallest absolute Gasteiger partial charge is 0.407 e. The van der Waals surface area contributed by atoms with E-state index < -0.39 is 84.8 Å². The number of unbranched alkanes of at least 4 members (excludes halogenated alkanes) is 1. The Morgan fingerprint density at radius 1 is 0.678 bits per heavy atom. The van der Waals surface area contributed by atoms with Crippen molar-refractivity contribution in [2.45, 2.75) is 161 Å². The number of ketones is 1. The Morgan fingerprint density at radius 3 is 1.73 bits per heavy atom. The standard InChI is InChI=1S/C45H69N3O10Si/c1-30(2)59(31(3)4,45(11,12)34-24-17-14-18-25-34)58-42(55)48-35(27-32-21-15-13-16-22-32)37(49)28-33(23-19-20-26-46-41(54)57-44(8,9)10)39(51)47-36(40(52)53)29-38(50)56-43(5,6)7/h13-18,21-22,24-25,30-31,33,35-36H,19-20,23,26-29H2,1-12H3,(H,46,54)(H,47,51)(H,48,55)(H,52,53)/t33-,35+,36+/m1/s1. The van der Waals surface area contributed by atoms with Crippen molar-refractivity contribution in [3.8, 4) is 0 Å². The van der Waals surface area contributed by atoms with E-state index >= 15 is 0 Å². The van der Waals surface area contributed by atoms with E-state index in [1.807, 2.05) is 60.7 Å². The number of hydrogen-bond donors (Lipinski definition) is 4. The van der Waals surface area contributed by atoms with E-state index in [0.717, 1.165) is 11.1 Å². The zero-order chi connectivity index (χ0) is 44.8. The molecular weight excluding hydrogens is 771 g/mol. The van der Waals surface area contributed by atoms with Crippen LogP contribution in [-0.2, 0) is 44.5 Å². The van der Waals surface area contributed by atoms with Crippen molar-refractivity contribution in [1.82, 2.24) is 16.0 Å². The van der Waals surface area contributed by atoms with Gasteiger partial charge in [0.25, 0.3) is 8.32 Å². The molecule has 3 atom stereocenters. The number of nitrogens with one attached hydrogen (secondary N) is 3. The van der Waals surface area contributed by atoms with E-state index in [-0.39, 0.29) is 36.9 Å². The molecule has 0 fully saturated rings. The molecule has 328 valence electrons. The molecule has 4 N–H and O–H groups in total. The highest BCUT2D eigenvalue weighted by molar-refractivity contribution is 6.80. The highest BCUT2D eigenvalue weighted by atomic mass is 28.4. The van der Waals surface area contributed by atoms with E-state index in [9.17, 15) is 33.9 Å². The molecule has 13 nitrogen and oxygen atoms in total. The molecule has 2 aromatic rings. The number of alkyl carbamates (subject to hydrolysis) is 1. The molecule has 2 rings (SSSR count). The molecule has 0 saturated heterocycles. The molecule has 3 amide bonds. The highest BCUT2D eigenvalue weighted by Crippen LogP contribution is 2.48. The third-order valence-corrected chi connectivity index (χ3v) is 16.5. The van der Waals surface area contributed by atoms with Gasteiger partial charge in [-0.15, -0.1) is 0 Å². The molecule has 0 bridgehead atoms. The Morgan fingerprint density at radius 2 is 1.22 bits per heavy atom. The monoisotopic (exact) mass is 839 g/mol. The molecule has 0 heterocycles. The summed E-state index contributed by atoms with van der Waals surface area (Å²) in [5, 5.41) is 17.5. The van der Waals surface area contributed by atoms with Crippen molar-refractivity contribution in [1.29, 1.82) is 0 Å². The number of amides is 3. The van der Waals surface area contributed by atoms with Gasteiger partial charge in [0.15, 0.2) is 5.78 Å². The molecule has 0 aliphatic rings. The Kier molecular flexibility index (Phi) is 18.8. The zero-order valence-corrected chi connectivity index (χ0v) is 38.2. The van der Waals surface area contributed by atoms with Crippen LogP contribution in [-0.4, -0.2) is 79.1 Å². The van der Waals surface area contributed by atoms with E-state index in [1.165, 1.54) is 0 Å². The maximum atomic E-state index is 14.4. The maximum absolute atomic E-state index is 14.4. The lowest BCUT2D eigenvalue weighted by atomic mass is 9.90. The summed E-state index contributed by atoms with van der Waals surface area (Å²) in [5.41, 5.74) is 0.234. The van der Waals surface area contributed by atoms with Crippen LogP contribution in [0.2, 0.25) is 11.1 Å². The van der Waals surface area contributed by atoms with Crippen LogP contribution in [0, 0.1) is 5.92 Å². The molecule has 0 aromatic heterocycles. The first-order chi connectivity index (χ1) is 27.3. The van der Waals surface area contributed by atoms with Crippen molar-refractivity contribution < 1.29 is 47.8 Å². The van der Waals surface area contributed by atoms with Gasteiger partial charge in [-0.2, -0.15) is 0 Å². The van der Waals surface area contributed by atoms with Crippen molar-refractivity contribution in [2.24, 2.45) is 5.92 Å². The predicted molar refractivity (Wildman–Crippen MR) is 230 cm³/mol. The van der Waals surface area contributed by atoms with Gasteiger partial charge < -0.3 is 35.0 Å². The predicted octanol–water partition coefficient (Wildman–Crippen LogP) is 8.18. The fourth-order valence-corrected chi connectivity index (χ4v) is 13.7. The molecule has 14 heteroatoms. The van der Waals surface area contributed by atoms with Crippen molar-refractivity contribution in [2.75, 3.05) is 6.54 Å². The number of hydrogen-bond acceptors (Lipinski definition) is 9. The van der Waals surface area contributed by atoms with Crippen LogP contribution >= 0.6 is 0 Å². The third-order valence-electron chi connectivity index (χ3n) is 10.3. The van der Waals surface area contributed by atoms with Gasteiger partial charge in [0.2, 0.25) is 5.91 Å². The van der Waals surface area contributed by atoms with E-state index in [4.69, 9.17) is 13.9 Å². The Labute approximate surface area is 352 Å². The summed E-state index contributed by atoms with van der Waals surface area (Å²) >= 11 is 0. The van der Waals surface area contributed by atoms with Crippen LogP contribution in [0.15, 0.2) is 60.7 Å². The lowest BCUT2D eigenvalue weighted by Gasteiger charge is -2.49. The minimum absolute atomic E-state index is 0.00697. The summed E-state index contributed by atoms with van der Waals surface area (Å²) < 4.78 is 17.2. The fraction of sp³-hybridized carbons (Fsp3) is 0.600. The second-order valence-corrected chi connectivity index (χ2v) is 23.7. The summed E-state index contributed by atoms with van der Waals surface area (Å²) in [7, 11) is -3.05. The Hall–Kier alpha value is -4.72. The lowest BCUT2D eigenvalue weighted by Crippen LogP contribution is -2.62. The minimum atomic E-state index is -3.05. The largest absolute Gasteiger partial charge is 0.502 e. The number of aliphatic carboxylic acids is 1. The number of Topliss-reactive ketones (excluding diaryl/α,β-unsaturated/α-hetero) is 1. The van der Waals surface area contributed by atoms with Crippen LogP contribution in [0.5, 0.6) is 0 Å². The number of carboxylic acids is 1.